The SMILES string of the molecule is COC(=O)c1sc2c(cnc3c(C)c(Cl)ccc32)c1O. The number of hydrogen-bond donors (Lipinski definition) is 1. The zero-order valence-corrected chi connectivity index (χ0v) is 12.3. The Morgan fingerprint density at radius 1 is 1.40 bits per heavy atom. The second kappa shape index (κ2) is 4.61. The lowest BCUT2D eigenvalue weighted by molar-refractivity contribution is 0.0603. The molecule has 0 atom stereocenters. The Balaban J connectivity index is 2.43. The number of carbonyl (C=O) groups is 1. The highest BCUT2D eigenvalue weighted by atomic mass is 35.5. The maximum Gasteiger partial charge on any atom is 0.351 e. The molecule has 4 nitrogen and oxygen atoms in total. The number of fused-ring (bicyclic) bond motifs is 3. The maximum absolute atomic E-state index is 11.6. The van der Waals surface area contributed by atoms with Crippen molar-refractivity contribution in [3.8, 4) is 5.75 Å². The minimum absolute atomic E-state index is 0.0844. The summed E-state index contributed by atoms with van der Waals surface area (Å²) >= 11 is 7.28. The number of hydrogen-bond acceptors (Lipinski definition) is 5. The average Bonchev–Trinajstić information content (AvgIpc) is 2.79. The lowest BCUT2D eigenvalue weighted by Crippen LogP contribution is -1.97. The Labute approximate surface area is 123 Å². The number of halogens is 1. The number of rotatable bonds is 1. The number of nitrogens with zero attached hydrogens (tertiary/aromatic N) is 1. The molecular weight excluding hydrogens is 298 g/mol. The molecule has 6 heteroatoms. The molecule has 2 heterocycles. The molecule has 0 aliphatic heterocycles. The van der Waals surface area contributed by atoms with E-state index in [1.54, 1.807) is 12.3 Å². The average molecular weight is 308 g/mol. The van der Waals surface area contributed by atoms with Crippen LogP contribution in [0.4, 0.5) is 0 Å². The van der Waals surface area contributed by atoms with Crippen LogP contribution in [0.1, 0.15) is 15.2 Å². The molecule has 2 aromatic heterocycles. The van der Waals surface area contributed by atoms with E-state index in [0.29, 0.717) is 10.4 Å². The van der Waals surface area contributed by atoms with E-state index in [4.69, 9.17) is 11.6 Å². The van der Waals surface area contributed by atoms with E-state index < -0.39 is 5.97 Å². The van der Waals surface area contributed by atoms with Gasteiger partial charge >= 0.3 is 5.97 Å². The highest BCUT2D eigenvalue weighted by Crippen LogP contribution is 2.41. The van der Waals surface area contributed by atoms with Crippen molar-refractivity contribution in [2.45, 2.75) is 6.92 Å². The zero-order valence-electron chi connectivity index (χ0n) is 10.7. The molecule has 0 unspecified atom stereocenters. The fraction of sp³-hybridized carbons (Fsp3) is 0.143. The lowest BCUT2D eigenvalue weighted by Gasteiger charge is -2.04. The summed E-state index contributed by atoms with van der Waals surface area (Å²) in [7, 11) is 1.28. The number of carbonyl (C=O) groups excluding carboxylic acids is 1. The van der Waals surface area contributed by atoms with Crippen LogP contribution in [-0.4, -0.2) is 23.2 Å². The van der Waals surface area contributed by atoms with Crippen LogP contribution in [0.15, 0.2) is 18.3 Å². The summed E-state index contributed by atoms with van der Waals surface area (Å²) in [6.45, 7) is 1.89. The predicted molar refractivity (Wildman–Crippen MR) is 79.9 cm³/mol. The van der Waals surface area contributed by atoms with Crippen LogP contribution >= 0.6 is 22.9 Å². The monoisotopic (exact) mass is 307 g/mol. The largest absolute Gasteiger partial charge is 0.505 e. The standard InChI is InChI=1S/C14H10ClNO3S/c1-6-9(15)4-3-7-10(6)16-5-8-11(17)13(14(18)19-2)20-12(7)8/h3-5,17H,1-2H3. The van der Waals surface area contributed by atoms with Crippen molar-refractivity contribution in [3.05, 3.63) is 33.8 Å². The summed E-state index contributed by atoms with van der Waals surface area (Å²) in [5, 5.41) is 12.2. The Morgan fingerprint density at radius 3 is 2.85 bits per heavy atom. The molecule has 0 saturated carbocycles. The number of esters is 1. The van der Waals surface area contributed by atoms with Crippen molar-refractivity contribution < 1.29 is 14.6 Å². The van der Waals surface area contributed by atoms with Crippen LogP contribution in [0.3, 0.4) is 0 Å². The van der Waals surface area contributed by atoms with Gasteiger partial charge in [-0.1, -0.05) is 11.6 Å². The first-order valence-electron chi connectivity index (χ1n) is 5.82. The minimum atomic E-state index is -0.553. The van der Waals surface area contributed by atoms with E-state index in [0.717, 1.165) is 21.2 Å². The van der Waals surface area contributed by atoms with Crippen LogP contribution in [0.2, 0.25) is 5.02 Å². The first-order valence-corrected chi connectivity index (χ1v) is 7.01. The van der Waals surface area contributed by atoms with Crippen LogP contribution in [0.25, 0.3) is 21.0 Å². The summed E-state index contributed by atoms with van der Waals surface area (Å²) in [6, 6.07) is 3.63. The van der Waals surface area contributed by atoms with Gasteiger partial charge in [0.05, 0.1) is 18.0 Å². The maximum atomic E-state index is 11.6. The number of aromatic nitrogens is 1. The van der Waals surface area contributed by atoms with E-state index in [2.05, 4.69) is 9.72 Å². The topological polar surface area (TPSA) is 59.4 Å². The van der Waals surface area contributed by atoms with Gasteiger partial charge in [0.1, 0.15) is 5.75 Å². The van der Waals surface area contributed by atoms with E-state index in [9.17, 15) is 9.90 Å². The van der Waals surface area contributed by atoms with E-state index in [1.807, 2.05) is 13.0 Å². The molecular formula is C14H10ClNO3S. The Morgan fingerprint density at radius 2 is 2.15 bits per heavy atom. The molecule has 0 amide bonds. The normalized spacial score (nSPS) is 11.2. The fourth-order valence-corrected chi connectivity index (χ4v) is 3.40. The van der Waals surface area contributed by atoms with Crippen molar-refractivity contribution in [2.24, 2.45) is 0 Å². The summed E-state index contributed by atoms with van der Waals surface area (Å²) in [5.74, 6) is -0.638. The quantitative estimate of drug-likeness (QED) is 0.693. The number of methoxy groups -OCH3 is 1. The van der Waals surface area contributed by atoms with Gasteiger partial charge in [0.15, 0.2) is 4.88 Å². The van der Waals surface area contributed by atoms with Crippen LogP contribution < -0.4 is 0 Å². The predicted octanol–water partition coefficient (Wildman–Crippen LogP) is 3.90. The molecule has 3 rings (SSSR count). The second-order valence-corrected chi connectivity index (χ2v) is 5.77. The first kappa shape index (κ1) is 13.1. The molecule has 102 valence electrons. The van der Waals surface area contributed by atoms with Gasteiger partial charge in [-0.25, -0.2) is 4.79 Å². The lowest BCUT2D eigenvalue weighted by atomic mass is 10.1. The van der Waals surface area contributed by atoms with Crippen molar-refractivity contribution >= 4 is 49.9 Å². The Kier molecular flexibility index (Phi) is 3.03. The van der Waals surface area contributed by atoms with Crippen molar-refractivity contribution in [3.63, 3.8) is 0 Å². The third-order valence-electron chi connectivity index (χ3n) is 3.22. The van der Waals surface area contributed by atoms with Crippen LogP contribution in [0.5, 0.6) is 5.75 Å². The van der Waals surface area contributed by atoms with Gasteiger partial charge in [-0.05, 0) is 24.6 Å². The molecule has 1 N–H and O–H groups in total. The molecule has 0 fully saturated rings. The van der Waals surface area contributed by atoms with Gasteiger partial charge in [0.25, 0.3) is 0 Å². The highest BCUT2D eigenvalue weighted by Gasteiger charge is 2.20. The van der Waals surface area contributed by atoms with Crippen molar-refractivity contribution in [1.82, 2.24) is 4.98 Å². The fourth-order valence-electron chi connectivity index (χ4n) is 2.14. The third kappa shape index (κ3) is 1.74. The number of aryl methyl sites for hydroxylation is 1. The smallest absolute Gasteiger partial charge is 0.351 e. The number of aromatic hydroxyl groups is 1. The summed E-state index contributed by atoms with van der Waals surface area (Å²) in [4.78, 5) is 16.2. The van der Waals surface area contributed by atoms with Gasteiger partial charge < -0.3 is 9.84 Å². The van der Waals surface area contributed by atoms with E-state index in [-0.39, 0.29) is 10.6 Å². The summed E-state index contributed by atoms with van der Waals surface area (Å²) in [5.41, 5.74) is 1.64. The number of pyridine rings is 1. The third-order valence-corrected chi connectivity index (χ3v) is 4.84. The highest BCUT2D eigenvalue weighted by molar-refractivity contribution is 7.22. The molecule has 0 aliphatic rings. The van der Waals surface area contributed by atoms with Gasteiger partial charge in [0.2, 0.25) is 0 Å². The molecule has 1 aromatic carbocycles. The zero-order chi connectivity index (χ0) is 14.4. The number of thiophene rings is 1. The van der Waals surface area contributed by atoms with Gasteiger partial charge in [-0.2, -0.15) is 0 Å². The van der Waals surface area contributed by atoms with E-state index >= 15 is 0 Å². The van der Waals surface area contributed by atoms with Gasteiger partial charge in [-0.3, -0.25) is 4.98 Å². The summed E-state index contributed by atoms with van der Waals surface area (Å²) < 4.78 is 5.47. The molecule has 0 saturated heterocycles. The molecule has 0 radical (unpaired) electrons. The second-order valence-electron chi connectivity index (χ2n) is 4.34. The van der Waals surface area contributed by atoms with E-state index in [1.165, 1.54) is 18.4 Å². The minimum Gasteiger partial charge on any atom is -0.505 e. The molecule has 20 heavy (non-hydrogen) atoms. The van der Waals surface area contributed by atoms with Crippen LogP contribution in [0, 0.1) is 6.92 Å². The van der Waals surface area contributed by atoms with Crippen molar-refractivity contribution in [1.29, 1.82) is 0 Å². The number of ether oxygens (including phenoxy) is 1. The Bertz CT molecular complexity index is 857. The van der Waals surface area contributed by atoms with Crippen LogP contribution in [-0.2, 0) is 4.74 Å². The first-order chi connectivity index (χ1) is 9.54. The molecule has 0 spiro atoms. The molecule has 0 aliphatic carbocycles. The summed E-state index contributed by atoms with van der Waals surface area (Å²) in [6.07, 6.45) is 1.55. The van der Waals surface area contributed by atoms with Gasteiger partial charge in [-0.15, -0.1) is 11.3 Å². The number of benzene rings is 1. The molecule has 3 aromatic rings. The Hall–Kier alpha value is -1.85. The van der Waals surface area contributed by atoms with Gasteiger partial charge in [0, 0.05) is 21.3 Å². The molecule has 0 bridgehead atoms. The van der Waals surface area contributed by atoms with Crippen molar-refractivity contribution in [2.75, 3.05) is 7.11 Å².